The van der Waals surface area contributed by atoms with Crippen molar-refractivity contribution in [1.82, 2.24) is 5.43 Å². The molecule has 5 nitrogen and oxygen atoms in total. The molecule has 7 heteroatoms. The molecule has 0 aromatic heterocycles. The number of amides is 1. The Morgan fingerprint density at radius 1 is 1.23 bits per heavy atom. The smallest absolute Gasteiger partial charge is 0.275 e. The fraction of sp³-hybridized carbons (Fsp3) is 0.0667. The van der Waals surface area contributed by atoms with Crippen LogP contribution in [-0.2, 0) is 0 Å². The van der Waals surface area contributed by atoms with E-state index in [1.54, 1.807) is 18.2 Å². The molecule has 3 N–H and O–H groups in total. The summed E-state index contributed by atoms with van der Waals surface area (Å²) < 4.78 is 1.26. The maximum absolute atomic E-state index is 11.9. The third kappa shape index (κ3) is 3.86. The summed E-state index contributed by atoms with van der Waals surface area (Å²) >= 11 is 6.51. The first kappa shape index (κ1) is 16.5. The van der Waals surface area contributed by atoms with Crippen molar-refractivity contribution in [2.45, 2.75) is 6.92 Å². The number of aromatic hydroxyl groups is 2. The lowest BCUT2D eigenvalue weighted by molar-refractivity contribution is 0.0952. The quantitative estimate of drug-likeness (QED) is 0.516. The second kappa shape index (κ2) is 6.93. The molecule has 0 fully saturated rings. The first-order valence-electron chi connectivity index (χ1n) is 6.19. The molecule has 1 amide bonds. The summed E-state index contributed by atoms with van der Waals surface area (Å²) in [5, 5.41) is 23.4. The third-order valence-corrected chi connectivity index (χ3v) is 3.89. The summed E-state index contributed by atoms with van der Waals surface area (Å²) in [7, 11) is 0. The van der Waals surface area contributed by atoms with Gasteiger partial charge in [0.2, 0.25) is 0 Å². The van der Waals surface area contributed by atoms with Crippen LogP contribution in [-0.4, -0.2) is 22.3 Å². The number of carbonyl (C=O) groups is 1. The van der Waals surface area contributed by atoms with E-state index in [-0.39, 0.29) is 17.1 Å². The molecule has 0 aliphatic carbocycles. The fourth-order valence-corrected chi connectivity index (χ4v) is 3.00. The molecule has 114 valence electrons. The van der Waals surface area contributed by atoms with Gasteiger partial charge in [-0.3, -0.25) is 4.79 Å². The van der Waals surface area contributed by atoms with Crippen molar-refractivity contribution in [3.8, 4) is 11.5 Å². The lowest BCUT2D eigenvalue weighted by Crippen LogP contribution is -2.17. The van der Waals surface area contributed by atoms with Crippen LogP contribution < -0.4 is 5.43 Å². The van der Waals surface area contributed by atoms with Gasteiger partial charge in [0.05, 0.1) is 16.3 Å². The highest BCUT2D eigenvalue weighted by molar-refractivity contribution is 9.11. The van der Waals surface area contributed by atoms with E-state index in [1.165, 1.54) is 18.3 Å². The molecule has 0 saturated carbocycles. The molecule has 0 aliphatic heterocycles. The minimum Gasteiger partial charge on any atom is -0.507 e. The molecule has 22 heavy (non-hydrogen) atoms. The predicted octanol–water partition coefficient (Wildman–Crippen LogP) is 3.70. The van der Waals surface area contributed by atoms with Crippen LogP contribution in [0.2, 0.25) is 0 Å². The number of phenolic OH excluding ortho intramolecular Hbond substituents is 2. The Morgan fingerprint density at radius 3 is 2.64 bits per heavy atom. The number of hydrogen-bond acceptors (Lipinski definition) is 4. The van der Waals surface area contributed by atoms with Crippen molar-refractivity contribution in [2.24, 2.45) is 5.10 Å². The summed E-state index contributed by atoms with van der Waals surface area (Å²) in [5.41, 5.74) is 3.70. The molecular formula is C15H12Br2N2O3. The van der Waals surface area contributed by atoms with Crippen LogP contribution in [0.15, 0.2) is 44.4 Å². The van der Waals surface area contributed by atoms with Crippen LogP contribution in [0.4, 0.5) is 0 Å². The number of rotatable bonds is 3. The van der Waals surface area contributed by atoms with Gasteiger partial charge in [0, 0.05) is 10.0 Å². The minimum absolute atomic E-state index is 0.0133. The van der Waals surface area contributed by atoms with Crippen molar-refractivity contribution in [1.29, 1.82) is 0 Å². The van der Waals surface area contributed by atoms with Crippen LogP contribution in [0.25, 0.3) is 0 Å². The molecule has 0 radical (unpaired) electrons. The molecule has 0 unspecified atom stereocenters. The topological polar surface area (TPSA) is 81.9 Å². The second-order valence-corrected chi connectivity index (χ2v) is 6.32. The molecule has 0 heterocycles. The predicted molar refractivity (Wildman–Crippen MR) is 91.4 cm³/mol. The SMILES string of the molecule is Cc1ccc(C(=O)N/N=C/c2cc(Br)cc(Br)c2O)c(O)c1. The van der Waals surface area contributed by atoms with Crippen LogP contribution in [0.1, 0.15) is 21.5 Å². The Labute approximate surface area is 143 Å². The summed E-state index contributed by atoms with van der Waals surface area (Å²) in [6, 6.07) is 8.07. The Morgan fingerprint density at radius 2 is 1.95 bits per heavy atom. The Bertz CT molecular complexity index is 761. The van der Waals surface area contributed by atoms with Gasteiger partial charge >= 0.3 is 0 Å². The van der Waals surface area contributed by atoms with Crippen molar-refractivity contribution in [3.05, 3.63) is 56.0 Å². The standard InChI is InChI=1S/C15H12Br2N2O3/c1-8-2-3-11(13(20)4-8)15(22)19-18-7-9-5-10(16)6-12(17)14(9)21/h2-7,20-21H,1H3,(H,19,22)/b18-7+. The summed E-state index contributed by atoms with van der Waals surface area (Å²) in [4.78, 5) is 11.9. The van der Waals surface area contributed by atoms with Gasteiger partial charge in [-0.05, 0) is 52.7 Å². The Hall–Kier alpha value is -1.86. The first-order valence-corrected chi connectivity index (χ1v) is 7.78. The van der Waals surface area contributed by atoms with Gasteiger partial charge in [0.25, 0.3) is 5.91 Å². The van der Waals surface area contributed by atoms with Crippen molar-refractivity contribution in [2.75, 3.05) is 0 Å². The van der Waals surface area contributed by atoms with E-state index in [1.807, 2.05) is 6.92 Å². The van der Waals surface area contributed by atoms with E-state index in [0.29, 0.717) is 10.0 Å². The highest BCUT2D eigenvalue weighted by Crippen LogP contribution is 2.30. The second-order valence-electron chi connectivity index (χ2n) is 4.55. The summed E-state index contributed by atoms with van der Waals surface area (Å²) in [6.45, 7) is 1.81. The number of nitrogens with one attached hydrogen (secondary N) is 1. The van der Waals surface area contributed by atoms with Gasteiger partial charge in [-0.2, -0.15) is 5.10 Å². The number of hydrazone groups is 1. The van der Waals surface area contributed by atoms with E-state index in [4.69, 9.17) is 0 Å². The van der Waals surface area contributed by atoms with Gasteiger partial charge in [-0.1, -0.05) is 22.0 Å². The highest BCUT2D eigenvalue weighted by Gasteiger charge is 2.10. The van der Waals surface area contributed by atoms with E-state index in [0.717, 1.165) is 10.0 Å². The van der Waals surface area contributed by atoms with Crippen molar-refractivity contribution >= 4 is 44.0 Å². The highest BCUT2D eigenvalue weighted by atomic mass is 79.9. The molecule has 0 aliphatic rings. The van der Waals surface area contributed by atoms with Gasteiger partial charge < -0.3 is 10.2 Å². The van der Waals surface area contributed by atoms with E-state index in [9.17, 15) is 15.0 Å². The zero-order valence-corrected chi connectivity index (χ0v) is 14.6. The molecule has 2 aromatic carbocycles. The largest absolute Gasteiger partial charge is 0.507 e. The van der Waals surface area contributed by atoms with Crippen LogP contribution in [0.3, 0.4) is 0 Å². The normalized spacial score (nSPS) is 10.9. The Kier molecular flexibility index (Phi) is 5.20. The molecule has 0 bridgehead atoms. The molecule has 0 spiro atoms. The van der Waals surface area contributed by atoms with Crippen LogP contribution in [0, 0.1) is 6.92 Å². The van der Waals surface area contributed by atoms with Crippen LogP contribution in [0.5, 0.6) is 11.5 Å². The maximum Gasteiger partial charge on any atom is 0.275 e. The molecule has 0 saturated heterocycles. The zero-order chi connectivity index (χ0) is 16.3. The average Bonchev–Trinajstić information content (AvgIpc) is 2.43. The number of phenols is 2. The lowest BCUT2D eigenvalue weighted by atomic mass is 10.1. The Balaban J connectivity index is 2.14. The molecular weight excluding hydrogens is 416 g/mol. The number of aryl methyl sites for hydroxylation is 1. The zero-order valence-electron chi connectivity index (χ0n) is 11.5. The van der Waals surface area contributed by atoms with Crippen molar-refractivity contribution in [3.63, 3.8) is 0 Å². The van der Waals surface area contributed by atoms with Gasteiger partial charge in [-0.25, -0.2) is 5.43 Å². The number of carbonyl (C=O) groups excluding carboxylic acids is 1. The number of benzene rings is 2. The average molecular weight is 428 g/mol. The van der Waals surface area contributed by atoms with Gasteiger partial charge in [0.1, 0.15) is 11.5 Å². The first-order chi connectivity index (χ1) is 10.4. The fourth-order valence-electron chi connectivity index (χ4n) is 1.74. The van der Waals surface area contributed by atoms with E-state index >= 15 is 0 Å². The number of nitrogens with zero attached hydrogens (tertiary/aromatic N) is 1. The van der Waals surface area contributed by atoms with Crippen molar-refractivity contribution < 1.29 is 15.0 Å². The maximum atomic E-state index is 11.9. The molecule has 0 atom stereocenters. The molecule has 2 aromatic rings. The van der Waals surface area contributed by atoms with Gasteiger partial charge in [0.15, 0.2) is 0 Å². The van der Waals surface area contributed by atoms with E-state index in [2.05, 4.69) is 42.4 Å². The number of hydrogen-bond donors (Lipinski definition) is 3. The minimum atomic E-state index is -0.540. The number of halogens is 2. The van der Waals surface area contributed by atoms with E-state index < -0.39 is 5.91 Å². The monoisotopic (exact) mass is 426 g/mol. The lowest BCUT2D eigenvalue weighted by Gasteiger charge is -2.05. The summed E-state index contributed by atoms with van der Waals surface area (Å²) in [5.74, 6) is -0.637. The van der Waals surface area contributed by atoms with Crippen LogP contribution >= 0.6 is 31.9 Å². The van der Waals surface area contributed by atoms with Gasteiger partial charge in [-0.15, -0.1) is 0 Å². The third-order valence-electron chi connectivity index (χ3n) is 2.83. The summed E-state index contributed by atoms with van der Waals surface area (Å²) in [6.07, 6.45) is 1.31. The molecule has 2 rings (SSSR count).